The first kappa shape index (κ1) is 25.8. The lowest BCUT2D eigenvalue weighted by atomic mass is 9.97. The summed E-state index contributed by atoms with van der Waals surface area (Å²) in [5.74, 6) is 0.0668. The Labute approximate surface area is 232 Å². The number of benzene rings is 4. The lowest BCUT2D eigenvalue weighted by molar-refractivity contribution is -0.0868. The molecule has 5 aromatic rings. The van der Waals surface area contributed by atoms with E-state index in [0.717, 1.165) is 22.2 Å². The Hall–Kier alpha value is -4.49. The van der Waals surface area contributed by atoms with E-state index in [1.165, 1.54) is 0 Å². The van der Waals surface area contributed by atoms with E-state index in [1.807, 2.05) is 86.6 Å². The van der Waals surface area contributed by atoms with Gasteiger partial charge in [-0.25, -0.2) is 9.37 Å². The van der Waals surface area contributed by atoms with Gasteiger partial charge >= 0.3 is 0 Å². The second kappa shape index (κ2) is 10.2. The Morgan fingerprint density at radius 3 is 2.40 bits per heavy atom. The highest BCUT2D eigenvalue weighted by molar-refractivity contribution is 6.05. The molecule has 0 atom stereocenters. The average molecular weight is 536 g/mol. The molecular weight excluding hydrogens is 505 g/mol. The maximum Gasteiger partial charge on any atom is 0.255 e. The molecule has 2 heterocycles. The Balaban J connectivity index is 1.43. The molecule has 0 aliphatic carbocycles. The van der Waals surface area contributed by atoms with Gasteiger partial charge in [0, 0.05) is 11.3 Å². The maximum absolute atomic E-state index is 16.3. The molecule has 1 N–H and O–H groups in total. The summed E-state index contributed by atoms with van der Waals surface area (Å²) < 4.78 is 30.0. The smallest absolute Gasteiger partial charge is 0.255 e. The number of hydrogen-bond acceptors (Lipinski definition) is 4. The molecular formula is C33H30FN3O3. The summed E-state index contributed by atoms with van der Waals surface area (Å²) in [4.78, 5) is 17.7. The highest BCUT2D eigenvalue weighted by Gasteiger charge is 2.39. The van der Waals surface area contributed by atoms with Crippen LogP contribution in [0.5, 0.6) is 5.75 Å². The van der Waals surface area contributed by atoms with E-state index in [4.69, 9.17) is 14.5 Å². The van der Waals surface area contributed by atoms with Gasteiger partial charge in [-0.05, 0) is 73.9 Å². The normalized spacial score (nSPS) is 14.1. The second-order valence-electron chi connectivity index (χ2n) is 10.6. The lowest BCUT2D eigenvalue weighted by Gasteiger charge is -2.41. The van der Waals surface area contributed by atoms with E-state index in [9.17, 15) is 4.79 Å². The first-order valence-electron chi connectivity index (χ1n) is 13.3. The summed E-state index contributed by atoms with van der Waals surface area (Å²) in [5.41, 5.74) is 5.25. The number of aromatic nitrogens is 2. The molecule has 202 valence electrons. The van der Waals surface area contributed by atoms with Gasteiger partial charge in [0.2, 0.25) is 0 Å². The number of nitrogens with zero attached hydrogens (tertiary/aromatic N) is 2. The van der Waals surface area contributed by atoms with Gasteiger partial charge < -0.3 is 19.4 Å². The minimum absolute atomic E-state index is 0.209. The van der Waals surface area contributed by atoms with Crippen LogP contribution < -0.4 is 10.1 Å². The van der Waals surface area contributed by atoms with Crippen LogP contribution in [-0.2, 0) is 16.9 Å². The molecule has 1 aromatic heterocycles. The van der Waals surface area contributed by atoms with Crippen LogP contribution in [0.2, 0.25) is 0 Å². The van der Waals surface area contributed by atoms with Crippen LogP contribution >= 0.6 is 0 Å². The van der Waals surface area contributed by atoms with Gasteiger partial charge in [0.15, 0.2) is 11.6 Å². The first-order valence-corrected chi connectivity index (χ1v) is 13.3. The molecule has 0 saturated carbocycles. The zero-order valence-corrected chi connectivity index (χ0v) is 22.7. The minimum Gasteiger partial charge on any atom is -0.486 e. The predicted molar refractivity (Wildman–Crippen MR) is 154 cm³/mol. The molecule has 4 aromatic carbocycles. The van der Waals surface area contributed by atoms with Crippen LogP contribution in [0.1, 0.15) is 34.0 Å². The van der Waals surface area contributed by atoms with Crippen molar-refractivity contribution in [2.45, 2.75) is 32.9 Å². The fraction of sp³-hybridized carbons (Fsp3) is 0.212. The minimum atomic E-state index is -0.447. The van der Waals surface area contributed by atoms with Gasteiger partial charge in [-0.2, -0.15) is 0 Å². The van der Waals surface area contributed by atoms with Crippen LogP contribution in [0, 0.1) is 19.7 Å². The fourth-order valence-corrected chi connectivity index (χ4v) is 5.12. The molecule has 6 rings (SSSR count). The molecule has 0 spiro atoms. The molecule has 0 bridgehead atoms. The second-order valence-corrected chi connectivity index (χ2v) is 10.6. The lowest BCUT2D eigenvalue weighted by Crippen LogP contribution is -2.49. The molecule has 1 amide bonds. The Kier molecular flexibility index (Phi) is 6.60. The molecule has 0 radical (unpaired) electrons. The van der Waals surface area contributed by atoms with Crippen molar-refractivity contribution in [1.29, 1.82) is 0 Å². The van der Waals surface area contributed by atoms with Crippen molar-refractivity contribution >= 4 is 22.6 Å². The number of imidazole rings is 1. The molecule has 7 heteroatoms. The van der Waals surface area contributed by atoms with E-state index in [1.54, 1.807) is 12.1 Å². The van der Waals surface area contributed by atoms with E-state index in [2.05, 4.69) is 16.8 Å². The third kappa shape index (κ3) is 4.62. The number of carbonyl (C=O) groups is 1. The van der Waals surface area contributed by atoms with Crippen LogP contribution in [0.3, 0.4) is 0 Å². The molecule has 0 unspecified atom stereocenters. The van der Waals surface area contributed by atoms with Gasteiger partial charge in [-0.15, -0.1) is 0 Å². The number of fused-ring (bicyclic) bond motifs is 1. The van der Waals surface area contributed by atoms with Gasteiger partial charge in [0.1, 0.15) is 12.4 Å². The molecule has 1 fully saturated rings. The van der Waals surface area contributed by atoms with Gasteiger partial charge in [0.05, 0.1) is 35.3 Å². The number of ether oxygens (including phenoxy) is 2. The monoisotopic (exact) mass is 535 g/mol. The molecule has 6 nitrogen and oxygen atoms in total. The van der Waals surface area contributed by atoms with Crippen LogP contribution in [-0.4, -0.2) is 28.7 Å². The van der Waals surface area contributed by atoms with Crippen molar-refractivity contribution in [3.05, 3.63) is 113 Å². The quantitative estimate of drug-likeness (QED) is 0.243. The fourth-order valence-electron chi connectivity index (χ4n) is 5.12. The zero-order valence-electron chi connectivity index (χ0n) is 22.7. The molecule has 1 aliphatic heterocycles. The standard InChI is InChI=1S/C33H30FN3O3/c1-21-16-26(29(34)30(22(21)2)40-18-23-10-6-4-7-11-23)31-36-27-17-25(35-32(38)24-12-8-5-9-13-24)14-15-28(27)37(31)33(3)19-39-20-33/h4-17H,18-20H2,1-3H3,(H,35,38). The largest absolute Gasteiger partial charge is 0.486 e. The van der Waals surface area contributed by atoms with Crippen molar-refractivity contribution < 1.29 is 18.7 Å². The number of anilines is 1. The summed E-state index contributed by atoms with van der Waals surface area (Å²) in [6, 6.07) is 26.2. The number of hydrogen-bond donors (Lipinski definition) is 1. The Bertz CT molecular complexity index is 1710. The summed E-state index contributed by atoms with van der Waals surface area (Å²) in [7, 11) is 0. The van der Waals surface area contributed by atoms with E-state index >= 15 is 4.39 Å². The number of rotatable bonds is 7. The van der Waals surface area contributed by atoms with Crippen molar-refractivity contribution in [2.24, 2.45) is 0 Å². The highest BCUT2D eigenvalue weighted by Crippen LogP contribution is 2.40. The van der Waals surface area contributed by atoms with E-state index in [-0.39, 0.29) is 18.3 Å². The average Bonchev–Trinajstić information content (AvgIpc) is 3.33. The predicted octanol–water partition coefficient (Wildman–Crippen LogP) is 7.04. The number of nitrogens with one attached hydrogen (secondary N) is 1. The van der Waals surface area contributed by atoms with Crippen LogP contribution in [0.15, 0.2) is 84.9 Å². The van der Waals surface area contributed by atoms with Crippen LogP contribution in [0.4, 0.5) is 10.1 Å². The van der Waals surface area contributed by atoms with Gasteiger partial charge in [-0.1, -0.05) is 48.5 Å². The number of halogens is 1. The number of amides is 1. The summed E-state index contributed by atoms with van der Waals surface area (Å²) >= 11 is 0. The Morgan fingerprint density at radius 1 is 1.02 bits per heavy atom. The summed E-state index contributed by atoms with van der Waals surface area (Å²) in [5, 5.41) is 2.95. The third-order valence-electron chi connectivity index (χ3n) is 7.51. The topological polar surface area (TPSA) is 65.4 Å². The number of carbonyl (C=O) groups excluding carboxylic acids is 1. The molecule has 1 aliphatic rings. The first-order chi connectivity index (χ1) is 19.3. The zero-order chi connectivity index (χ0) is 27.9. The van der Waals surface area contributed by atoms with Crippen LogP contribution in [0.25, 0.3) is 22.4 Å². The van der Waals surface area contributed by atoms with Crippen molar-refractivity contribution in [3.63, 3.8) is 0 Å². The highest BCUT2D eigenvalue weighted by atomic mass is 19.1. The Morgan fingerprint density at radius 2 is 1.73 bits per heavy atom. The molecule has 40 heavy (non-hydrogen) atoms. The maximum atomic E-state index is 16.3. The third-order valence-corrected chi connectivity index (χ3v) is 7.51. The summed E-state index contributed by atoms with van der Waals surface area (Å²) in [6.07, 6.45) is 0. The van der Waals surface area contributed by atoms with Gasteiger partial charge in [-0.3, -0.25) is 4.79 Å². The van der Waals surface area contributed by atoms with E-state index in [0.29, 0.717) is 41.4 Å². The summed E-state index contributed by atoms with van der Waals surface area (Å²) in [6.45, 7) is 7.13. The van der Waals surface area contributed by atoms with Crippen molar-refractivity contribution in [3.8, 4) is 17.1 Å². The SMILES string of the molecule is Cc1cc(-c2nc3cc(NC(=O)c4ccccc4)ccc3n2C2(C)COC2)c(F)c(OCc2ccccc2)c1C. The van der Waals surface area contributed by atoms with Crippen molar-refractivity contribution in [2.75, 3.05) is 18.5 Å². The van der Waals surface area contributed by atoms with Crippen molar-refractivity contribution in [1.82, 2.24) is 9.55 Å². The number of aryl methyl sites for hydroxylation is 1. The molecule has 1 saturated heterocycles. The van der Waals surface area contributed by atoms with Gasteiger partial charge in [0.25, 0.3) is 5.91 Å². The van der Waals surface area contributed by atoms with E-state index < -0.39 is 11.4 Å².